The van der Waals surface area contributed by atoms with Gasteiger partial charge in [-0.1, -0.05) is 11.3 Å². The Morgan fingerprint density at radius 1 is 1.36 bits per heavy atom. The summed E-state index contributed by atoms with van der Waals surface area (Å²) in [4.78, 5) is 17.1. The average molecular weight is 207 g/mol. The molecule has 0 bridgehead atoms. The molecule has 0 fully saturated rings. The molecule has 5 heteroatoms. The van der Waals surface area contributed by atoms with E-state index in [0.29, 0.717) is 0 Å². The molecule has 0 saturated heterocycles. The van der Waals surface area contributed by atoms with E-state index in [2.05, 4.69) is 10.1 Å². The normalized spacial score (nSPS) is 15.7. The molecule has 0 radical (unpaired) electrons. The third kappa shape index (κ3) is 1.02. The van der Waals surface area contributed by atoms with E-state index in [0.717, 1.165) is 41.9 Å². The molecule has 0 saturated carbocycles. The highest BCUT2D eigenvalue weighted by atomic mass is 32.1. The van der Waals surface area contributed by atoms with E-state index in [4.69, 9.17) is 0 Å². The molecule has 0 amide bonds. The fourth-order valence-corrected chi connectivity index (χ4v) is 2.55. The maximum absolute atomic E-state index is 11.9. The first-order chi connectivity index (χ1) is 6.86. The number of fused-ring (bicyclic) bond motifs is 2. The predicted molar refractivity (Wildman–Crippen MR) is 53.8 cm³/mol. The zero-order valence-electron chi connectivity index (χ0n) is 7.56. The minimum absolute atomic E-state index is 0.0333. The van der Waals surface area contributed by atoms with Gasteiger partial charge in [0.2, 0.25) is 4.96 Å². The van der Waals surface area contributed by atoms with Crippen molar-refractivity contribution in [2.75, 3.05) is 0 Å². The Balaban J connectivity index is 2.42. The summed E-state index contributed by atoms with van der Waals surface area (Å²) in [5.74, 6) is 0. The molecule has 2 heterocycles. The monoisotopic (exact) mass is 207 g/mol. The van der Waals surface area contributed by atoms with Crippen molar-refractivity contribution in [1.82, 2.24) is 14.6 Å². The van der Waals surface area contributed by atoms with Crippen LogP contribution in [-0.2, 0) is 12.8 Å². The van der Waals surface area contributed by atoms with Crippen molar-refractivity contribution >= 4 is 16.3 Å². The molecule has 1 aliphatic carbocycles. The highest BCUT2D eigenvalue weighted by Gasteiger charge is 2.16. The van der Waals surface area contributed by atoms with Crippen LogP contribution in [0.2, 0.25) is 0 Å². The fraction of sp³-hybridized carbons (Fsp3) is 0.444. The molecule has 72 valence electrons. The van der Waals surface area contributed by atoms with Gasteiger partial charge in [0, 0.05) is 5.56 Å². The summed E-state index contributed by atoms with van der Waals surface area (Å²) in [6.07, 6.45) is 4.05. The molecule has 0 unspecified atom stereocenters. The molecule has 1 aliphatic rings. The number of hydrogen-bond donors (Lipinski definition) is 0. The van der Waals surface area contributed by atoms with E-state index in [1.165, 1.54) is 15.9 Å². The van der Waals surface area contributed by atoms with Crippen LogP contribution in [0.15, 0.2) is 10.3 Å². The zero-order chi connectivity index (χ0) is 9.54. The summed E-state index contributed by atoms with van der Waals surface area (Å²) in [6.45, 7) is 0. The van der Waals surface area contributed by atoms with Gasteiger partial charge in [0.1, 0.15) is 5.51 Å². The largest absolute Gasteiger partial charge is 0.278 e. The van der Waals surface area contributed by atoms with Gasteiger partial charge in [-0.15, -0.1) is 0 Å². The first-order valence-electron chi connectivity index (χ1n) is 4.70. The summed E-state index contributed by atoms with van der Waals surface area (Å²) in [6, 6.07) is 0. The van der Waals surface area contributed by atoms with E-state index in [1.807, 2.05) is 0 Å². The zero-order valence-corrected chi connectivity index (χ0v) is 8.38. The van der Waals surface area contributed by atoms with Crippen molar-refractivity contribution in [2.45, 2.75) is 25.7 Å². The van der Waals surface area contributed by atoms with E-state index in [9.17, 15) is 4.79 Å². The Bertz CT molecular complexity index is 542. The van der Waals surface area contributed by atoms with Crippen molar-refractivity contribution in [3.63, 3.8) is 0 Å². The van der Waals surface area contributed by atoms with Gasteiger partial charge in [0.15, 0.2) is 0 Å². The number of aryl methyl sites for hydroxylation is 1. The average Bonchev–Trinajstić information content (AvgIpc) is 2.66. The highest BCUT2D eigenvalue weighted by molar-refractivity contribution is 7.14. The summed E-state index contributed by atoms with van der Waals surface area (Å²) in [5.41, 5.74) is 3.56. The molecule has 0 aliphatic heterocycles. The van der Waals surface area contributed by atoms with Gasteiger partial charge in [0.25, 0.3) is 5.56 Å². The molecule has 0 spiro atoms. The first-order valence-corrected chi connectivity index (χ1v) is 5.58. The van der Waals surface area contributed by atoms with Gasteiger partial charge in [-0.25, -0.2) is 4.98 Å². The van der Waals surface area contributed by atoms with Crippen LogP contribution in [0.5, 0.6) is 0 Å². The van der Waals surface area contributed by atoms with Crippen LogP contribution in [0.3, 0.4) is 0 Å². The fourth-order valence-electron chi connectivity index (χ4n) is 1.92. The van der Waals surface area contributed by atoms with E-state index in [-0.39, 0.29) is 5.56 Å². The van der Waals surface area contributed by atoms with Crippen LogP contribution in [-0.4, -0.2) is 14.6 Å². The number of hydrogen-bond acceptors (Lipinski definition) is 4. The molecule has 0 aromatic carbocycles. The van der Waals surface area contributed by atoms with Crippen molar-refractivity contribution in [1.29, 1.82) is 0 Å². The highest BCUT2D eigenvalue weighted by Crippen LogP contribution is 2.17. The lowest BCUT2D eigenvalue weighted by Gasteiger charge is -2.12. The molecule has 2 aromatic rings. The standard InChI is InChI=1S/C9H9N3OS/c13-8-6-3-1-2-4-7(6)11-9-12(8)10-5-14-9/h5H,1-4H2. The van der Waals surface area contributed by atoms with E-state index < -0.39 is 0 Å². The molecular weight excluding hydrogens is 198 g/mol. The van der Waals surface area contributed by atoms with E-state index >= 15 is 0 Å². The van der Waals surface area contributed by atoms with Crippen LogP contribution >= 0.6 is 11.3 Å². The van der Waals surface area contributed by atoms with Gasteiger partial charge in [-0.3, -0.25) is 4.79 Å². The summed E-state index contributed by atoms with van der Waals surface area (Å²) in [5, 5.41) is 3.99. The lowest BCUT2D eigenvalue weighted by molar-refractivity contribution is 0.651. The summed E-state index contributed by atoms with van der Waals surface area (Å²) < 4.78 is 1.41. The quantitative estimate of drug-likeness (QED) is 0.648. The Labute approximate surface area is 84.2 Å². The SMILES string of the molecule is O=c1c2c(nc3scnn13)CCCC2. The van der Waals surface area contributed by atoms with Crippen LogP contribution in [0.25, 0.3) is 4.96 Å². The maximum Gasteiger partial charge on any atom is 0.278 e. The van der Waals surface area contributed by atoms with Gasteiger partial charge in [-0.05, 0) is 25.7 Å². The smallest absolute Gasteiger partial charge is 0.267 e. The Kier molecular flexibility index (Phi) is 1.67. The predicted octanol–water partition coefficient (Wildman–Crippen LogP) is 1.03. The van der Waals surface area contributed by atoms with Crippen molar-refractivity contribution < 1.29 is 0 Å². The number of aromatic nitrogens is 3. The van der Waals surface area contributed by atoms with Crippen LogP contribution in [0.1, 0.15) is 24.1 Å². The lowest BCUT2D eigenvalue weighted by Crippen LogP contribution is -2.24. The Morgan fingerprint density at radius 2 is 2.21 bits per heavy atom. The Hall–Kier alpha value is -1.23. The topological polar surface area (TPSA) is 47.3 Å². The van der Waals surface area contributed by atoms with Gasteiger partial charge in [0.05, 0.1) is 5.69 Å². The second kappa shape index (κ2) is 2.88. The molecular formula is C9H9N3OS. The molecule has 2 aromatic heterocycles. The van der Waals surface area contributed by atoms with Crippen LogP contribution in [0, 0.1) is 0 Å². The second-order valence-corrected chi connectivity index (χ2v) is 4.29. The molecule has 4 nitrogen and oxygen atoms in total. The van der Waals surface area contributed by atoms with Gasteiger partial charge >= 0.3 is 0 Å². The Morgan fingerprint density at radius 3 is 3.14 bits per heavy atom. The minimum atomic E-state index is 0.0333. The van der Waals surface area contributed by atoms with Crippen molar-refractivity contribution in [3.8, 4) is 0 Å². The minimum Gasteiger partial charge on any atom is -0.267 e. The third-order valence-electron chi connectivity index (χ3n) is 2.62. The lowest BCUT2D eigenvalue weighted by atomic mass is 9.97. The first kappa shape index (κ1) is 8.11. The van der Waals surface area contributed by atoms with Crippen LogP contribution in [0.4, 0.5) is 0 Å². The summed E-state index contributed by atoms with van der Waals surface area (Å²) in [7, 11) is 0. The molecule has 0 N–H and O–H groups in total. The van der Waals surface area contributed by atoms with Gasteiger partial charge < -0.3 is 0 Å². The summed E-state index contributed by atoms with van der Waals surface area (Å²) >= 11 is 1.42. The molecule has 0 atom stereocenters. The third-order valence-corrected chi connectivity index (χ3v) is 3.30. The van der Waals surface area contributed by atoms with Gasteiger partial charge in [-0.2, -0.15) is 9.61 Å². The maximum atomic E-state index is 11.9. The molecule has 14 heavy (non-hydrogen) atoms. The van der Waals surface area contributed by atoms with Crippen LogP contribution < -0.4 is 5.56 Å². The number of nitrogens with zero attached hydrogens (tertiary/aromatic N) is 3. The van der Waals surface area contributed by atoms with E-state index in [1.54, 1.807) is 5.51 Å². The van der Waals surface area contributed by atoms with Crippen molar-refractivity contribution in [2.24, 2.45) is 0 Å². The van der Waals surface area contributed by atoms with Crippen molar-refractivity contribution in [3.05, 3.63) is 27.1 Å². The molecule has 3 rings (SSSR count). The number of rotatable bonds is 0. The second-order valence-electron chi connectivity index (χ2n) is 3.48.